The summed E-state index contributed by atoms with van der Waals surface area (Å²) in [7, 11) is 0. The molecule has 2 fully saturated rings. The van der Waals surface area contributed by atoms with Gasteiger partial charge in [-0.3, -0.25) is 0 Å². The zero-order valence-electron chi connectivity index (χ0n) is 13.1. The van der Waals surface area contributed by atoms with E-state index in [0.717, 1.165) is 57.1 Å². The van der Waals surface area contributed by atoms with Crippen molar-refractivity contribution in [2.24, 2.45) is 5.41 Å². The van der Waals surface area contributed by atoms with Gasteiger partial charge in [-0.2, -0.15) is 0 Å². The minimum absolute atomic E-state index is 0.00272. The van der Waals surface area contributed by atoms with Gasteiger partial charge in [-0.25, -0.2) is 4.79 Å². The fraction of sp³-hybridized carbons (Fsp3) is 0.812. The highest BCUT2D eigenvalue weighted by atomic mass is 35.5. The van der Waals surface area contributed by atoms with Crippen LogP contribution < -0.4 is 5.32 Å². The number of carbonyl (C=O) groups excluding carboxylic acids is 1. The molecule has 2 unspecified atom stereocenters. The number of carbonyl (C=O) groups is 1. The van der Waals surface area contributed by atoms with Gasteiger partial charge in [-0.05, 0) is 32.6 Å². The Bertz CT molecular complexity index is 449. The monoisotopic (exact) mass is 328 g/mol. The van der Waals surface area contributed by atoms with E-state index in [0.29, 0.717) is 6.54 Å². The van der Waals surface area contributed by atoms with Gasteiger partial charge >= 0.3 is 6.03 Å². The van der Waals surface area contributed by atoms with Crippen LogP contribution in [0.2, 0.25) is 0 Å². The number of hydrogen-bond donors (Lipinski definition) is 1. The van der Waals surface area contributed by atoms with Crippen LogP contribution in [0.4, 0.5) is 4.79 Å². The van der Waals surface area contributed by atoms with Crippen molar-refractivity contribution in [3.63, 3.8) is 0 Å². The number of hydrogen-bond acceptors (Lipinski definition) is 3. The van der Waals surface area contributed by atoms with E-state index < -0.39 is 0 Å². The van der Waals surface area contributed by atoms with Crippen molar-refractivity contribution in [1.29, 1.82) is 0 Å². The molecule has 1 spiro atoms. The van der Waals surface area contributed by atoms with Crippen LogP contribution in [0.1, 0.15) is 32.6 Å². The number of amides is 2. The molecule has 0 bridgehead atoms. The quantitative estimate of drug-likeness (QED) is 0.866. The van der Waals surface area contributed by atoms with Crippen LogP contribution in [-0.2, 0) is 9.47 Å². The summed E-state index contributed by atoms with van der Waals surface area (Å²) < 4.78 is 11.4. The summed E-state index contributed by atoms with van der Waals surface area (Å²) in [6.07, 6.45) is 5.89. The molecule has 0 aromatic carbocycles. The molecule has 2 heterocycles. The predicted octanol–water partition coefficient (Wildman–Crippen LogP) is 2.50. The first-order valence-electron chi connectivity index (χ1n) is 8.25. The van der Waals surface area contributed by atoms with Crippen LogP contribution >= 0.6 is 11.6 Å². The summed E-state index contributed by atoms with van der Waals surface area (Å²) in [4.78, 5) is 14.3. The average molecular weight is 329 g/mol. The molecule has 0 aromatic rings. The fourth-order valence-corrected chi connectivity index (χ4v) is 4.18. The number of nitrogens with zero attached hydrogens (tertiary/aromatic N) is 1. The zero-order valence-corrected chi connectivity index (χ0v) is 13.9. The van der Waals surface area contributed by atoms with Crippen LogP contribution in [0.25, 0.3) is 0 Å². The van der Waals surface area contributed by atoms with Gasteiger partial charge in [-0.15, -0.1) is 0 Å². The van der Waals surface area contributed by atoms with Crippen LogP contribution in [0, 0.1) is 5.41 Å². The van der Waals surface area contributed by atoms with Gasteiger partial charge in [-0.1, -0.05) is 17.7 Å². The first-order chi connectivity index (χ1) is 10.7. The van der Waals surface area contributed by atoms with Crippen molar-refractivity contribution in [2.45, 2.75) is 44.8 Å². The Morgan fingerprint density at radius 2 is 2.32 bits per heavy atom. The van der Waals surface area contributed by atoms with E-state index >= 15 is 0 Å². The molecule has 5 nitrogen and oxygen atoms in total. The summed E-state index contributed by atoms with van der Waals surface area (Å²) in [5, 5.41) is 3.97. The number of ether oxygens (including phenoxy) is 2. The van der Waals surface area contributed by atoms with Gasteiger partial charge in [0.05, 0.1) is 12.6 Å². The van der Waals surface area contributed by atoms with E-state index in [4.69, 9.17) is 21.1 Å². The molecule has 1 aliphatic carbocycles. The van der Waals surface area contributed by atoms with Crippen molar-refractivity contribution >= 4 is 17.6 Å². The maximum absolute atomic E-state index is 12.5. The van der Waals surface area contributed by atoms with Crippen LogP contribution in [0.5, 0.6) is 0 Å². The Hall–Kier alpha value is -0.780. The SMILES string of the molecule is CCOC1CC(NC(=O)N2CCC=C(Cl)C2)C12CCOCC2. The molecule has 22 heavy (non-hydrogen) atoms. The lowest BCUT2D eigenvalue weighted by atomic mass is 9.57. The molecule has 2 atom stereocenters. The van der Waals surface area contributed by atoms with Gasteiger partial charge in [0.25, 0.3) is 0 Å². The maximum Gasteiger partial charge on any atom is 0.317 e. The number of halogens is 1. The molecule has 6 heteroatoms. The van der Waals surface area contributed by atoms with Gasteiger partial charge in [0.15, 0.2) is 0 Å². The Kier molecular flexibility index (Phi) is 4.95. The van der Waals surface area contributed by atoms with E-state index in [2.05, 4.69) is 5.32 Å². The lowest BCUT2D eigenvalue weighted by Crippen LogP contribution is -2.67. The number of urea groups is 1. The van der Waals surface area contributed by atoms with E-state index in [-0.39, 0.29) is 23.6 Å². The number of rotatable bonds is 3. The van der Waals surface area contributed by atoms with Gasteiger partial charge in [0, 0.05) is 42.9 Å². The van der Waals surface area contributed by atoms with Crippen LogP contribution in [0.15, 0.2) is 11.1 Å². The van der Waals surface area contributed by atoms with Crippen LogP contribution in [-0.4, -0.2) is 56.0 Å². The Balaban J connectivity index is 1.62. The highest BCUT2D eigenvalue weighted by Gasteiger charge is 2.56. The second-order valence-corrected chi connectivity index (χ2v) is 6.87. The molecule has 2 amide bonds. The van der Waals surface area contributed by atoms with Gasteiger partial charge in [0.1, 0.15) is 0 Å². The molecule has 124 valence electrons. The van der Waals surface area contributed by atoms with Gasteiger partial charge in [0.2, 0.25) is 0 Å². The zero-order chi connectivity index (χ0) is 15.6. The molecule has 1 saturated carbocycles. The second kappa shape index (κ2) is 6.77. The lowest BCUT2D eigenvalue weighted by Gasteiger charge is -2.57. The Morgan fingerprint density at radius 1 is 1.55 bits per heavy atom. The standard InChI is InChI=1S/C16H25ClN2O3/c1-2-22-14-10-13(16(14)5-8-21-9-6-16)18-15(20)19-7-3-4-12(17)11-19/h4,13-14H,2-3,5-11H2,1H3,(H,18,20). The van der Waals surface area contributed by atoms with E-state index in [9.17, 15) is 4.79 Å². The normalized spacial score (nSPS) is 30.6. The van der Waals surface area contributed by atoms with E-state index in [1.54, 1.807) is 4.90 Å². The largest absolute Gasteiger partial charge is 0.381 e. The molecule has 2 aliphatic heterocycles. The van der Waals surface area contributed by atoms with Crippen molar-refractivity contribution in [1.82, 2.24) is 10.2 Å². The Labute approximate surface area is 137 Å². The third-order valence-corrected chi connectivity index (χ3v) is 5.54. The van der Waals surface area contributed by atoms with Crippen molar-refractivity contribution in [2.75, 3.05) is 32.9 Å². The van der Waals surface area contributed by atoms with Crippen molar-refractivity contribution in [3.05, 3.63) is 11.1 Å². The Morgan fingerprint density at radius 3 is 3.00 bits per heavy atom. The molecule has 1 saturated heterocycles. The highest BCUT2D eigenvalue weighted by Crippen LogP contribution is 2.50. The molecule has 3 aliphatic rings. The highest BCUT2D eigenvalue weighted by molar-refractivity contribution is 6.30. The maximum atomic E-state index is 12.5. The average Bonchev–Trinajstić information content (AvgIpc) is 2.54. The second-order valence-electron chi connectivity index (χ2n) is 6.39. The van der Waals surface area contributed by atoms with Crippen molar-refractivity contribution < 1.29 is 14.3 Å². The molecule has 1 N–H and O–H groups in total. The summed E-state index contributed by atoms with van der Waals surface area (Å²) in [5.41, 5.74) is 0.0549. The number of nitrogens with one attached hydrogen (secondary N) is 1. The topological polar surface area (TPSA) is 50.8 Å². The van der Waals surface area contributed by atoms with Gasteiger partial charge < -0.3 is 19.7 Å². The fourth-order valence-electron chi connectivity index (χ4n) is 3.92. The first kappa shape index (κ1) is 16.1. The molecule has 0 aromatic heterocycles. The third-order valence-electron chi connectivity index (χ3n) is 5.27. The summed E-state index contributed by atoms with van der Waals surface area (Å²) in [5.74, 6) is 0. The predicted molar refractivity (Wildman–Crippen MR) is 85.0 cm³/mol. The minimum atomic E-state index is -0.00272. The lowest BCUT2D eigenvalue weighted by molar-refractivity contribution is -0.170. The molecular weight excluding hydrogens is 304 g/mol. The molecular formula is C16H25ClN2O3. The molecule has 0 radical (unpaired) electrons. The first-order valence-corrected chi connectivity index (χ1v) is 8.63. The minimum Gasteiger partial charge on any atom is -0.381 e. The summed E-state index contributed by atoms with van der Waals surface area (Å²) in [6.45, 7) is 5.52. The molecule has 3 rings (SSSR count). The summed E-state index contributed by atoms with van der Waals surface area (Å²) >= 11 is 6.05. The van der Waals surface area contributed by atoms with E-state index in [1.165, 1.54) is 0 Å². The van der Waals surface area contributed by atoms with E-state index in [1.807, 2.05) is 13.0 Å². The van der Waals surface area contributed by atoms with Crippen LogP contribution in [0.3, 0.4) is 0 Å². The van der Waals surface area contributed by atoms with Crippen molar-refractivity contribution in [3.8, 4) is 0 Å². The third kappa shape index (κ3) is 2.99. The smallest absolute Gasteiger partial charge is 0.317 e. The summed E-state index contributed by atoms with van der Waals surface area (Å²) in [6, 6.07) is 0.183.